The SMILES string of the molecule is C=C(C)C(O)c1cc(CO[Si](C)(C)C(C)(C)C)ccc1-c1cc(OC)ccc1F.COc1ccc(F)c(-c2ccc(CO[Si](C)(C)C(C)(C)C)cc2C(O)C2(C)CC2)c1.ICI.[CH2-]C.[CH2-]C.[Zn+2]. The van der Waals surface area contributed by atoms with Crippen molar-refractivity contribution in [3.63, 3.8) is 0 Å². The number of aliphatic hydroxyl groups excluding tert-OH is 2. The third-order valence-corrected chi connectivity index (χ3v) is 21.7. The summed E-state index contributed by atoms with van der Waals surface area (Å²) >= 11 is 4.55. The average molecular weight is 1240 g/mol. The largest absolute Gasteiger partial charge is 2.00 e. The van der Waals surface area contributed by atoms with Gasteiger partial charge in [-0.3, -0.25) is 0 Å². The van der Waals surface area contributed by atoms with E-state index in [0.29, 0.717) is 58.1 Å². The third kappa shape index (κ3) is 18.9. The van der Waals surface area contributed by atoms with Crippen LogP contribution in [0.25, 0.3) is 22.3 Å². The quantitative estimate of drug-likeness (QED) is 0.0431. The van der Waals surface area contributed by atoms with Crippen LogP contribution in [0, 0.1) is 30.9 Å². The number of benzene rings is 4. The molecule has 4 aromatic rings. The van der Waals surface area contributed by atoms with Gasteiger partial charge in [-0.15, -0.1) is 0 Å². The number of hydrogen-bond donors (Lipinski definition) is 2. The Labute approximate surface area is 447 Å². The topological polar surface area (TPSA) is 77.4 Å². The number of halogens is 4. The molecule has 1 fully saturated rings. The smallest absolute Gasteiger partial charge is 0.497 e. The molecule has 1 aliphatic carbocycles. The molecule has 0 bridgehead atoms. The molecule has 0 heterocycles. The molecule has 0 radical (unpaired) electrons. The van der Waals surface area contributed by atoms with Crippen molar-refractivity contribution in [1.29, 1.82) is 0 Å². The van der Waals surface area contributed by atoms with Crippen LogP contribution in [0.15, 0.2) is 84.9 Å². The van der Waals surface area contributed by atoms with Crippen LogP contribution >= 0.6 is 45.2 Å². The second-order valence-electron chi connectivity index (χ2n) is 19.5. The summed E-state index contributed by atoms with van der Waals surface area (Å²) in [6, 6.07) is 20.9. The van der Waals surface area contributed by atoms with Gasteiger partial charge in [0.05, 0.1) is 36.0 Å². The van der Waals surface area contributed by atoms with Crippen molar-refractivity contribution < 1.29 is 56.8 Å². The van der Waals surface area contributed by atoms with E-state index in [1.165, 1.54) is 14.6 Å². The molecular formula is C54H80F2I2O6Si2Zn. The van der Waals surface area contributed by atoms with Crippen LogP contribution in [-0.4, -0.2) is 43.5 Å². The number of ether oxygens (including phenoxy) is 2. The molecule has 4 aromatic carbocycles. The van der Waals surface area contributed by atoms with Crippen molar-refractivity contribution in [2.24, 2.45) is 5.41 Å². The van der Waals surface area contributed by atoms with Crippen molar-refractivity contribution in [3.05, 3.63) is 133 Å². The molecule has 1 aliphatic rings. The molecule has 2 atom stereocenters. The van der Waals surface area contributed by atoms with Gasteiger partial charge in [0.2, 0.25) is 0 Å². The zero-order valence-electron chi connectivity index (χ0n) is 43.5. The molecule has 5 rings (SSSR count). The maximum atomic E-state index is 14.7. The number of alkyl halides is 2. The minimum atomic E-state index is -1.91. The van der Waals surface area contributed by atoms with Crippen molar-refractivity contribution in [2.45, 2.75) is 144 Å². The molecule has 0 aromatic heterocycles. The minimum absolute atomic E-state index is 0. The maximum Gasteiger partial charge on any atom is 2.00 e. The first kappa shape index (κ1) is 65.4. The Morgan fingerprint density at radius 1 is 0.672 bits per heavy atom. The monoisotopic (exact) mass is 1240 g/mol. The van der Waals surface area contributed by atoms with E-state index in [1.807, 2.05) is 36.4 Å². The number of methoxy groups -OCH3 is 2. The summed E-state index contributed by atoms with van der Waals surface area (Å²) < 4.78 is 53.8. The second-order valence-corrected chi connectivity index (χ2v) is 33.6. The van der Waals surface area contributed by atoms with Crippen molar-refractivity contribution in [2.75, 3.05) is 16.7 Å². The summed E-state index contributed by atoms with van der Waals surface area (Å²) in [6.45, 7) is 40.8. The molecule has 2 unspecified atom stereocenters. The van der Waals surface area contributed by atoms with Crippen molar-refractivity contribution in [1.82, 2.24) is 0 Å². The summed E-state index contributed by atoms with van der Waals surface area (Å²) in [6.07, 6.45) is 0.395. The fourth-order valence-corrected chi connectivity index (χ4v) is 8.02. The van der Waals surface area contributed by atoms with Gasteiger partial charge in [0.15, 0.2) is 16.6 Å². The Hall–Kier alpha value is -1.56. The van der Waals surface area contributed by atoms with E-state index >= 15 is 0 Å². The first-order chi connectivity index (χ1) is 30.7. The number of rotatable bonds is 14. The van der Waals surface area contributed by atoms with Crippen molar-refractivity contribution in [3.8, 4) is 33.8 Å². The number of hydrogen-bond acceptors (Lipinski definition) is 6. The van der Waals surface area contributed by atoms with Gasteiger partial charge in [0.25, 0.3) is 0 Å². The van der Waals surface area contributed by atoms with Gasteiger partial charge in [-0.2, -0.15) is 13.8 Å². The predicted molar refractivity (Wildman–Crippen MR) is 298 cm³/mol. The normalized spacial score (nSPS) is 13.8. The molecule has 1 saturated carbocycles. The zero-order chi connectivity index (χ0) is 51.0. The molecule has 2 N–H and O–H groups in total. The fourth-order valence-electron chi connectivity index (χ4n) is 6.09. The average Bonchev–Trinajstić information content (AvgIpc) is 4.03. The van der Waals surface area contributed by atoms with E-state index in [4.69, 9.17) is 18.3 Å². The van der Waals surface area contributed by atoms with E-state index in [-0.39, 0.29) is 46.6 Å². The molecule has 13 heteroatoms. The van der Waals surface area contributed by atoms with Crippen LogP contribution in [0.2, 0.25) is 36.3 Å². The maximum absolute atomic E-state index is 14.7. The second kappa shape index (κ2) is 29.1. The summed E-state index contributed by atoms with van der Waals surface area (Å²) in [7, 11) is -0.692. The molecule has 0 aliphatic heterocycles. The Morgan fingerprint density at radius 3 is 1.33 bits per heavy atom. The van der Waals surface area contributed by atoms with Crippen LogP contribution < -0.4 is 9.47 Å². The van der Waals surface area contributed by atoms with Gasteiger partial charge >= 0.3 is 19.5 Å². The summed E-state index contributed by atoms with van der Waals surface area (Å²) in [5.41, 5.74) is 5.93. The van der Waals surface area contributed by atoms with E-state index in [0.717, 1.165) is 29.5 Å². The summed E-state index contributed by atoms with van der Waals surface area (Å²) in [5.74, 6) is 0.457. The van der Waals surface area contributed by atoms with E-state index < -0.39 is 28.8 Å². The third-order valence-electron chi connectivity index (χ3n) is 12.7. The Balaban J connectivity index is 0.00000113. The van der Waals surface area contributed by atoms with Gasteiger partial charge in [0, 0.05) is 11.1 Å². The van der Waals surface area contributed by atoms with Crippen molar-refractivity contribution >= 4 is 61.8 Å². The van der Waals surface area contributed by atoms with Gasteiger partial charge < -0.3 is 42.4 Å². The van der Waals surface area contributed by atoms with Crippen LogP contribution in [-0.2, 0) is 41.5 Å². The van der Waals surface area contributed by atoms with Crippen LogP contribution in [0.3, 0.4) is 0 Å². The fraction of sp³-hybridized carbons (Fsp3) is 0.481. The van der Waals surface area contributed by atoms with E-state index in [2.05, 4.69) is 140 Å². The zero-order valence-corrected chi connectivity index (χ0v) is 52.8. The summed E-state index contributed by atoms with van der Waals surface area (Å²) in [5, 5.41) is 22.2. The molecule has 0 spiro atoms. The molecule has 370 valence electrons. The van der Waals surface area contributed by atoms with Crippen LogP contribution in [0.5, 0.6) is 11.5 Å². The Morgan fingerprint density at radius 2 is 1.01 bits per heavy atom. The molecule has 0 amide bonds. The standard InChI is InChI=1S/C25H35FO3Si.C24H33FO3Si.2C2H5.CH2I2.Zn/c1-24(2,3)30(6,7)29-16-17-8-10-19(20-15-18(28-5)9-11-22(20)26)21(14-17)23(27)25(4)12-13-25;1-16(2)23(26)21-13-17(15-28-29(7,8)24(3,4)5)9-11-19(21)20-14-18(27-6)10-12-22(20)25;2*1-2;2-1-3;/h8-11,14-15,23,27H,12-13,16H2,1-7H3;9-14,23,26H,1,15H2,2-8H3;2*1H2,2H3;1H2;/q;;2*-1;;+2. The molecular weight excluding hydrogens is 1160 g/mol. The summed E-state index contributed by atoms with van der Waals surface area (Å²) in [4.78, 5) is 0. The first-order valence-electron chi connectivity index (χ1n) is 22.4. The Kier molecular flexibility index (Phi) is 28.4. The van der Waals surface area contributed by atoms with Gasteiger partial charge in [0.1, 0.15) is 29.2 Å². The molecule has 0 saturated heterocycles. The number of aliphatic hydroxyl groups is 2. The van der Waals surface area contributed by atoms with Crippen LogP contribution in [0.1, 0.15) is 117 Å². The minimum Gasteiger partial charge on any atom is -0.497 e. The van der Waals surface area contributed by atoms with E-state index in [9.17, 15) is 19.0 Å². The predicted octanol–water partition coefficient (Wildman–Crippen LogP) is 17.0. The van der Waals surface area contributed by atoms with Gasteiger partial charge in [-0.05, 0) is 143 Å². The first-order valence-corrected chi connectivity index (χ1v) is 31.3. The molecule has 67 heavy (non-hydrogen) atoms. The molecule has 6 nitrogen and oxygen atoms in total. The Bertz CT molecular complexity index is 2130. The van der Waals surface area contributed by atoms with E-state index in [1.54, 1.807) is 59.3 Å². The van der Waals surface area contributed by atoms with Gasteiger partial charge in [-0.25, -0.2) is 8.78 Å². The van der Waals surface area contributed by atoms with Gasteiger partial charge in [-0.1, -0.05) is 131 Å². The van der Waals surface area contributed by atoms with Crippen LogP contribution in [0.4, 0.5) is 8.78 Å².